The van der Waals surface area contributed by atoms with E-state index < -0.39 is 0 Å². The Labute approximate surface area is 73.3 Å². The van der Waals surface area contributed by atoms with Gasteiger partial charge in [0.25, 0.3) is 0 Å². The van der Waals surface area contributed by atoms with Crippen molar-refractivity contribution in [2.45, 2.75) is 45.6 Å². The van der Waals surface area contributed by atoms with Crippen LogP contribution >= 0.6 is 0 Å². The fourth-order valence-electron chi connectivity index (χ4n) is 2.61. The number of ether oxygens (including phenoxy) is 1. The summed E-state index contributed by atoms with van der Waals surface area (Å²) in [6.45, 7) is 6.49. The Hall–Kier alpha value is -0.530. The molecule has 0 N–H and O–H groups in total. The van der Waals surface area contributed by atoms with Gasteiger partial charge in [-0.25, -0.2) is 0 Å². The van der Waals surface area contributed by atoms with E-state index in [1.54, 1.807) is 0 Å². The van der Waals surface area contributed by atoms with E-state index in [1.165, 1.54) is 6.42 Å². The van der Waals surface area contributed by atoms with Crippen molar-refractivity contribution in [2.24, 2.45) is 11.3 Å². The van der Waals surface area contributed by atoms with Gasteiger partial charge in [-0.3, -0.25) is 4.79 Å². The van der Waals surface area contributed by atoms with Crippen LogP contribution in [0.4, 0.5) is 0 Å². The second-order valence-electron chi connectivity index (χ2n) is 4.90. The predicted octanol–water partition coefficient (Wildman–Crippen LogP) is 2.13. The number of rotatable bonds is 0. The average molecular weight is 168 g/mol. The summed E-state index contributed by atoms with van der Waals surface area (Å²) in [6, 6.07) is 0. The Morgan fingerprint density at radius 3 is 2.67 bits per heavy atom. The minimum atomic E-state index is -0.177. The Bertz CT molecular complexity index is 232. The van der Waals surface area contributed by atoms with Gasteiger partial charge >= 0.3 is 5.97 Å². The van der Waals surface area contributed by atoms with Crippen LogP contribution in [0.1, 0.15) is 40.0 Å². The lowest BCUT2D eigenvalue weighted by molar-refractivity contribution is -0.155. The van der Waals surface area contributed by atoms with Gasteiger partial charge in [-0.2, -0.15) is 0 Å². The van der Waals surface area contributed by atoms with Crippen LogP contribution in [0, 0.1) is 11.3 Å². The summed E-state index contributed by atoms with van der Waals surface area (Å²) in [5, 5.41) is 0. The van der Waals surface area contributed by atoms with Crippen molar-refractivity contribution >= 4 is 5.97 Å². The molecule has 1 aliphatic heterocycles. The number of carbonyl (C=O) groups excluding carboxylic acids is 1. The molecule has 0 aromatic carbocycles. The molecule has 0 aromatic heterocycles. The third kappa shape index (κ3) is 0.782. The first-order valence-electron chi connectivity index (χ1n) is 4.67. The average Bonchev–Trinajstić information content (AvgIpc) is 2.31. The lowest BCUT2D eigenvalue weighted by atomic mass is 9.76. The second-order valence-corrected chi connectivity index (χ2v) is 4.90. The molecule has 0 spiro atoms. The third-order valence-electron chi connectivity index (χ3n) is 3.98. The monoisotopic (exact) mass is 168 g/mol. The quantitative estimate of drug-likeness (QED) is 0.518. The highest BCUT2D eigenvalue weighted by atomic mass is 16.6. The van der Waals surface area contributed by atoms with Crippen molar-refractivity contribution in [3.8, 4) is 0 Å². The minimum absolute atomic E-state index is 0.00437. The highest BCUT2D eigenvalue weighted by Crippen LogP contribution is 2.56. The summed E-state index contributed by atoms with van der Waals surface area (Å²) >= 11 is 0. The largest absolute Gasteiger partial charge is 0.458 e. The summed E-state index contributed by atoms with van der Waals surface area (Å²) in [5.41, 5.74) is -0.00604. The summed E-state index contributed by atoms with van der Waals surface area (Å²) < 4.78 is 5.45. The molecule has 1 aliphatic carbocycles. The van der Waals surface area contributed by atoms with E-state index in [4.69, 9.17) is 4.74 Å². The maximum Gasteiger partial charge on any atom is 0.306 e. The number of fused-ring (bicyclic) bond motifs is 1. The van der Waals surface area contributed by atoms with E-state index in [9.17, 15) is 4.79 Å². The number of hydrogen-bond donors (Lipinski definition) is 0. The fourth-order valence-corrected chi connectivity index (χ4v) is 2.61. The van der Waals surface area contributed by atoms with Crippen molar-refractivity contribution in [3.05, 3.63) is 0 Å². The molecular weight excluding hydrogens is 152 g/mol. The van der Waals surface area contributed by atoms with Crippen molar-refractivity contribution in [3.63, 3.8) is 0 Å². The van der Waals surface area contributed by atoms with Crippen LogP contribution < -0.4 is 0 Å². The zero-order valence-electron chi connectivity index (χ0n) is 8.02. The molecule has 1 saturated heterocycles. The number of esters is 1. The Morgan fingerprint density at radius 2 is 2.08 bits per heavy atom. The second kappa shape index (κ2) is 2.04. The van der Waals surface area contributed by atoms with Crippen molar-refractivity contribution in [1.29, 1.82) is 0 Å². The maximum absolute atomic E-state index is 11.1. The first-order chi connectivity index (χ1) is 5.46. The van der Waals surface area contributed by atoms with Gasteiger partial charge in [0.1, 0.15) is 5.60 Å². The van der Waals surface area contributed by atoms with E-state index in [-0.39, 0.29) is 17.0 Å². The number of carbonyl (C=O) groups is 1. The van der Waals surface area contributed by atoms with E-state index in [0.717, 1.165) is 6.42 Å². The highest BCUT2D eigenvalue weighted by Gasteiger charge is 2.58. The Morgan fingerprint density at radius 1 is 1.42 bits per heavy atom. The van der Waals surface area contributed by atoms with Gasteiger partial charge in [0.2, 0.25) is 0 Å². The lowest BCUT2D eigenvalue weighted by Gasteiger charge is -2.36. The molecular formula is C10H16O2. The zero-order chi connectivity index (χ0) is 8.98. The molecule has 0 radical (unpaired) electrons. The van der Waals surface area contributed by atoms with E-state index >= 15 is 0 Å². The topological polar surface area (TPSA) is 26.3 Å². The molecule has 1 heterocycles. The molecule has 1 saturated carbocycles. The van der Waals surface area contributed by atoms with E-state index in [0.29, 0.717) is 12.3 Å². The normalized spacial score (nSPS) is 44.2. The van der Waals surface area contributed by atoms with Crippen LogP contribution in [0.5, 0.6) is 0 Å². The lowest BCUT2D eigenvalue weighted by Crippen LogP contribution is -2.40. The third-order valence-corrected chi connectivity index (χ3v) is 3.98. The SMILES string of the molecule is CC1(C)CC[C@H]2CC(=O)O[C@]21C. The summed E-state index contributed by atoms with van der Waals surface area (Å²) in [6.07, 6.45) is 2.97. The number of hydrogen-bond acceptors (Lipinski definition) is 2. The highest BCUT2D eigenvalue weighted by molar-refractivity contribution is 5.73. The summed E-state index contributed by atoms with van der Waals surface area (Å²) in [7, 11) is 0. The fraction of sp³-hybridized carbons (Fsp3) is 0.900. The molecule has 2 nitrogen and oxygen atoms in total. The molecule has 68 valence electrons. The van der Waals surface area contributed by atoms with Gasteiger partial charge in [0.05, 0.1) is 6.42 Å². The molecule has 12 heavy (non-hydrogen) atoms. The molecule has 2 rings (SSSR count). The van der Waals surface area contributed by atoms with E-state index in [2.05, 4.69) is 20.8 Å². The van der Waals surface area contributed by atoms with Crippen LogP contribution in [0.3, 0.4) is 0 Å². The van der Waals surface area contributed by atoms with Gasteiger partial charge in [-0.05, 0) is 19.8 Å². The predicted molar refractivity (Wildman–Crippen MR) is 45.6 cm³/mol. The molecule has 2 fully saturated rings. The van der Waals surface area contributed by atoms with Gasteiger partial charge in [-0.15, -0.1) is 0 Å². The van der Waals surface area contributed by atoms with Gasteiger partial charge in [0.15, 0.2) is 0 Å². The Kier molecular flexibility index (Phi) is 1.37. The molecule has 2 atom stereocenters. The Balaban J connectivity index is 2.34. The van der Waals surface area contributed by atoms with Crippen LogP contribution in [0.15, 0.2) is 0 Å². The van der Waals surface area contributed by atoms with Crippen molar-refractivity contribution in [2.75, 3.05) is 0 Å². The molecule has 0 aromatic rings. The molecule has 0 amide bonds. The van der Waals surface area contributed by atoms with Crippen molar-refractivity contribution < 1.29 is 9.53 Å². The van der Waals surface area contributed by atoms with Gasteiger partial charge in [-0.1, -0.05) is 13.8 Å². The smallest absolute Gasteiger partial charge is 0.306 e. The minimum Gasteiger partial charge on any atom is -0.458 e. The summed E-state index contributed by atoms with van der Waals surface area (Å²) in [5.74, 6) is 0.468. The van der Waals surface area contributed by atoms with E-state index in [1.807, 2.05) is 0 Å². The maximum atomic E-state index is 11.1. The molecule has 0 unspecified atom stereocenters. The van der Waals surface area contributed by atoms with Crippen LogP contribution in [0.2, 0.25) is 0 Å². The van der Waals surface area contributed by atoms with Crippen LogP contribution in [-0.2, 0) is 9.53 Å². The molecule has 0 bridgehead atoms. The standard InChI is InChI=1S/C10H16O2/c1-9(2)5-4-7-6-8(11)12-10(7,9)3/h7H,4-6H2,1-3H3/t7-,10+/m0/s1. The molecule has 2 aliphatic rings. The van der Waals surface area contributed by atoms with Crippen molar-refractivity contribution in [1.82, 2.24) is 0 Å². The first-order valence-corrected chi connectivity index (χ1v) is 4.67. The van der Waals surface area contributed by atoms with Gasteiger partial charge in [0, 0.05) is 11.3 Å². The molecule has 2 heteroatoms. The first kappa shape index (κ1) is 8.09. The van der Waals surface area contributed by atoms with Crippen LogP contribution in [-0.4, -0.2) is 11.6 Å². The van der Waals surface area contributed by atoms with Crippen LogP contribution in [0.25, 0.3) is 0 Å². The zero-order valence-corrected chi connectivity index (χ0v) is 8.02. The van der Waals surface area contributed by atoms with Gasteiger partial charge < -0.3 is 4.74 Å². The summed E-state index contributed by atoms with van der Waals surface area (Å²) in [4.78, 5) is 11.1.